The molecule has 0 saturated carbocycles. The van der Waals surface area contributed by atoms with Gasteiger partial charge < -0.3 is 19.7 Å². The zero-order valence-electron chi connectivity index (χ0n) is 13.6. The molecule has 7 heteroatoms. The summed E-state index contributed by atoms with van der Waals surface area (Å²) in [6.45, 7) is -0.00672. The summed E-state index contributed by atoms with van der Waals surface area (Å²) in [6, 6.07) is 14.8. The maximum absolute atomic E-state index is 12.5. The van der Waals surface area contributed by atoms with E-state index >= 15 is 0 Å². The van der Waals surface area contributed by atoms with E-state index in [2.05, 4.69) is 12.6 Å². The van der Waals surface area contributed by atoms with Crippen LogP contribution in [0, 0.1) is 11.3 Å². The fourth-order valence-electron chi connectivity index (χ4n) is 2.61. The van der Waals surface area contributed by atoms with E-state index in [1.807, 2.05) is 6.07 Å². The van der Waals surface area contributed by atoms with Crippen molar-refractivity contribution in [2.24, 2.45) is 0 Å². The van der Waals surface area contributed by atoms with Gasteiger partial charge >= 0.3 is 0 Å². The monoisotopic (exact) mass is 371 g/mol. The number of hydrogen-bond donors (Lipinski definition) is 3. The summed E-state index contributed by atoms with van der Waals surface area (Å²) in [5.74, 6) is 0.242. The molecule has 0 aliphatic carbocycles. The molecule has 1 heterocycles. The highest BCUT2D eigenvalue weighted by Crippen LogP contribution is 2.24. The third-order valence-corrected chi connectivity index (χ3v) is 4.56. The second kappa shape index (κ2) is 7.89. The van der Waals surface area contributed by atoms with Crippen molar-refractivity contribution < 1.29 is 24.5 Å². The van der Waals surface area contributed by atoms with Crippen LogP contribution in [0.3, 0.4) is 0 Å². The molecule has 0 aromatic heterocycles. The Balaban J connectivity index is 1.71. The highest BCUT2D eigenvalue weighted by molar-refractivity contribution is 7.80. The fourth-order valence-corrected chi connectivity index (χ4v) is 2.93. The van der Waals surface area contributed by atoms with Crippen LogP contribution >= 0.6 is 12.6 Å². The van der Waals surface area contributed by atoms with E-state index in [1.54, 1.807) is 48.5 Å². The number of ketones is 1. The molecule has 6 nitrogen and oxygen atoms in total. The lowest BCUT2D eigenvalue weighted by Gasteiger charge is -2.36. The highest BCUT2D eigenvalue weighted by Gasteiger charge is 2.38. The second-order valence-electron chi connectivity index (χ2n) is 5.91. The number of benzene rings is 2. The first-order valence-electron chi connectivity index (χ1n) is 7.97. The third kappa shape index (κ3) is 3.89. The molecule has 4 atom stereocenters. The number of aliphatic hydroxyl groups is 2. The number of thiol groups is 1. The zero-order valence-corrected chi connectivity index (χ0v) is 14.5. The Kier molecular flexibility index (Phi) is 5.59. The average molecular weight is 371 g/mol. The molecular weight excluding hydrogens is 354 g/mol. The standard InChI is InChI=1S/C19H17NO5S/c20-9-11-1-3-12(4-2-11)16(22)13-5-7-14(8-6-13)25-18-17(23)15(21)10-24-19(18)26/h1-8,15,17-19,21,23,26H,10H2/t15-,17+,18-,19-/m1/s1. The van der Waals surface area contributed by atoms with Crippen molar-refractivity contribution in [3.05, 3.63) is 65.2 Å². The van der Waals surface area contributed by atoms with Crippen LogP contribution in [-0.2, 0) is 4.74 Å². The van der Waals surface area contributed by atoms with Gasteiger partial charge in [-0.25, -0.2) is 0 Å². The minimum Gasteiger partial charge on any atom is -0.484 e. The molecular formula is C19H17NO5S. The number of carbonyl (C=O) groups excluding carboxylic acids is 1. The van der Waals surface area contributed by atoms with Crippen molar-refractivity contribution in [3.63, 3.8) is 0 Å². The van der Waals surface area contributed by atoms with Crippen molar-refractivity contribution in [2.45, 2.75) is 23.7 Å². The van der Waals surface area contributed by atoms with E-state index in [0.717, 1.165) is 0 Å². The highest BCUT2D eigenvalue weighted by atomic mass is 32.1. The second-order valence-corrected chi connectivity index (χ2v) is 6.42. The minimum absolute atomic E-state index is 0.00672. The number of nitrogens with zero attached hydrogens (tertiary/aromatic N) is 1. The van der Waals surface area contributed by atoms with Gasteiger partial charge in [0.25, 0.3) is 0 Å². The minimum atomic E-state index is -1.12. The topological polar surface area (TPSA) is 99.8 Å². The molecule has 1 aliphatic heterocycles. The molecule has 0 spiro atoms. The number of ether oxygens (including phenoxy) is 2. The Morgan fingerprint density at radius 1 is 1.12 bits per heavy atom. The first kappa shape index (κ1) is 18.4. The molecule has 0 bridgehead atoms. The van der Waals surface area contributed by atoms with Crippen LogP contribution in [0.1, 0.15) is 21.5 Å². The van der Waals surface area contributed by atoms with Crippen molar-refractivity contribution in [3.8, 4) is 11.8 Å². The fraction of sp³-hybridized carbons (Fsp3) is 0.263. The quantitative estimate of drug-likeness (QED) is 0.557. The maximum atomic E-state index is 12.5. The molecule has 0 unspecified atom stereocenters. The summed E-state index contributed by atoms with van der Waals surface area (Å²) in [7, 11) is 0. The van der Waals surface area contributed by atoms with Crippen LogP contribution in [0.2, 0.25) is 0 Å². The normalized spacial score (nSPS) is 25.3. The molecule has 1 saturated heterocycles. The first-order valence-corrected chi connectivity index (χ1v) is 8.48. The predicted octanol–water partition coefficient (Wildman–Crippen LogP) is 1.54. The van der Waals surface area contributed by atoms with Gasteiger partial charge in [0.2, 0.25) is 0 Å². The SMILES string of the molecule is N#Cc1ccc(C(=O)c2ccc(O[C@@H]3[C@@H](O)[C@H](O)CO[C@@H]3S)cc2)cc1. The number of rotatable bonds is 4. The van der Waals surface area contributed by atoms with Gasteiger partial charge in [0.1, 0.15) is 23.4 Å². The van der Waals surface area contributed by atoms with E-state index < -0.39 is 23.7 Å². The largest absolute Gasteiger partial charge is 0.484 e. The van der Waals surface area contributed by atoms with Crippen LogP contribution in [0.5, 0.6) is 5.75 Å². The first-order chi connectivity index (χ1) is 12.5. The molecule has 0 radical (unpaired) electrons. The Labute approximate surface area is 156 Å². The molecule has 2 aromatic carbocycles. The van der Waals surface area contributed by atoms with Gasteiger partial charge in [0.15, 0.2) is 11.9 Å². The Morgan fingerprint density at radius 3 is 2.27 bits per heavy atom. The van der Waals surface area contributed by atoms with Crippen molar-refractivity contribution >= 4 is 18.4 Å². The van der Waals surface area contributed by atoms with Crippen LogP contribution < -0.4 is 4.74 Å². The van der Waals surface area contributed by atoms with Gasteiger partial charge in [-0.3, -0.25) is 4.79 Å². The van der Waals surface area contributed by atoms with E-state index in [9.17, 15) is 15.0 Å². The molecule has 134 valence electrons. The van der Waals surface area contributed by atoms with Crippen LogP contribution in [0.25, 0.3) is 0 Å². The Hall–Kier alpha value is -2.37. The molecule has 3 rings (SSSR count). The summed E-state index contributed by atoms with van der Waals surface area (Å²) in [4.78, 5) is 12.5. The zero-order chi connectivity index (χ0) is 18.7. The smallest absolute Gasteiger partial charge is 0.193 e. The van der Waals surface area contributed by atoms with Gasteiger partial charge in [-0.2, -0.15) is 5.26 Å². The lowest BCUT2D eigenvalue weighted by Crippen LogP contribution is -2.53. The van der Waals surface area contributed by atoms with Crippen LogP contribution in [0.4, 0.5) is 0 Å². The van der Waals surface area contributed by atoms with Crippen molar-refractivity contribution in [1.29, 1.82) is 5.26 Å². The summed E-state index contributed by atoms with van der Waals surface area (Å²) >= 11 is 4.21. The van der Waals surface area contributed by atoms with E-state index in [1.165, 1.54) is 0 Å². The Bertz CT molecular complexity index is 815. The molecule has 2 aromatic rings. The molecule has 1 fully saturated rings. The number of aliphatic hydroxyl groups excluding tert-OH is 2. The van der Waals surface area contributed by atoms with Crippen molar-refractivity contribution in [2.75, 3.05) is 6.61 Å². The lowest BCUT2D eigenvalue weighted by molar-refractivity contribution is -0.152. The van der Waals surface area contributed by atoms with Gasteiger partial charge in [0, 0.05) is 11.1 Å². The lowest BCUT2D eigenvalue weighted by atomic mass is 10.0. The van der Waals surface area contributed by atoms with Gasteiger partial charge in [-0.05, 0) is 48.5 Å². The molecule has 2 N–H and O–H groups in total. The average Bonchev–Trinajstić information content (AvgIpc) is 2.68. The number of nitriles is 1. The molecule has 0 amide bonds. The molecule has 1 aliphatic rings. The maximum Gasteiger partial charge on any atom is 0.193 e. The van der Waals surface area contributed by atoms with Crippen LogP contribution in [-0.4, -0.2) is 46.4 Å². The van der Waals surface area contributed by atoms with Crippen molar-refractivity contribution in [1.82, 2.24) is 0 Å². The third-order valence-electron chi connectivity index (χ3n) is 4.11. The van der Waals surface area contributed by atoms with Gasteiger partial charge in [-0.1, -0.05) is 0 Å². The van der Waals surface area contributed by atoms with E-state index in [0.29, 0.717) is 22.4 Å². The Morgan fingerprint density at radius 2 is 1.69 bits per heavy atom. The summed E-state index contributed by atoms with van der Waals surface area (Å²) in [5.41, 5.74) is 0.757. The summed E-state index contributed by atoms with van der Waals surface area (Å²) < 4.78 is 10.9. The summed E-state index contributed by atoms with van der Waals surface area (Å²) in [6.07, 6.45) is -2.99. The number of carbonyl (C=O) groups is 1. The number of hydrogen-bond acceptors (Lipinski definition) is 7. The van der Waals surface area contributed by atoms with E-state index in [4.69, 9.17) is 14.7 Å². The van der Waals surface area contributed by atoms with Gasteiger partial charge in [-0.15, -0.1) is 12.6 Å². The summed E-state index contributed by atoms with van der Waals surface area (Å²) in [5, 5.41) is 28.5. The molecule has 26 heavy (non-hydrogen) atoms. The van der Waals surface area contributed by atoms with E-state index in [-0.39, 0.29) is 12.4 Å². The van der Waals surface area contributed by atoms with Gasteiger partial charge in [0.05, 0.1) is 18.2 Å². The predicted molar refractivity (Wildman–Crippen MR) is 96.2 cm³/mol. The van der Waals surface area contributed by atoms with Crippen LogP contribution in [0.15, 0.2) is 48.5 Å².